The standard InChI is InChI=1S/C17H18BrCl2N/c1-2-21-16(9-12-4-3-5-14(18)8-12)11-13-10-15(19)6-7-17(13)20/h3-8,10,16,21H,2,9,11H2,1H3. The van der Waals surface area contributed by atoms with Crippen molar-refractivity contribution < 1.29 is 0 Å². The van der Waals surface area contributed by atoms with Gasteiger partial charge in [0.25, 0.3) is 0 Å². The predicted octanol–water partition coefficient (Wildman–Crippen LogP) is 5.52. The molecule has 2 aromatic carbocycles. The number of rotatable bonds is 6. The highest BCUT2D eigenvalue weighted by Crippen LogP contribution is 2.23. The van der Waals surface area contributed by atoms with E-state index in [1.165, 1.54) is 5.56 Å². The third-order valence-electron chi connectivity index (χ3n) is 3.34. The number of hydrogen-bond donors (Lipinski definition) is 1. The molecule has 0 fully saturated rings. The summed E-state index contributed by atoms with van der Waals surface area (Å²) in [5, 5.41) is 5.03. The molecular weight excluding hydrogens is 369 g/mol. The van der Waals surface area contributed by atoms with E-state index in [1.807, 2.05) is 24.3 Å². The van der Waals surface area contributed by atoms with Crippen molar-refractivity contribution in [2.45, 2.75) is 25.8 Å². The fourth-order valence-corrected chi connectivity index (χ4v) is 3.25. The maximum absolute atomic E-state index is 6.27. The predicted molar refractivity (Wildman–Crippen MR) is 95.5 cm³/mol. The van der Waals surface area contributed by atoms with Crippen LogP contribution < -0.4 is 5.32 Å². The molecule has 1 unspecified atom stereocenters. The lowest BCUT2D eigenvalue weighted by Crippen LogP contribution is -2.33. The molecule has 1 atom stereocenters. The second kappa shape index (κ2) is 8.19. The van der Waals surface area contributed by atoms with Crippen LogP contribution in [0.5, 0.6) is 0 Å². The summed E-state index contributed by atoms with van der Waals surface area (Å²) >= 11 is 15.9. The second-order valence-corrected chi connectivity index (χ2v) is 6.79. The Balaban J connectivity index is 2.13. The van der Waals surface area contributed by atoms with Crippen molar-refractivity contribution in [3.05, 3.63) is 68.1 Å². The number of halogens is 3. The molecule has 0 aliphatic heterocycles. The van der Waals surface area contributed by atoms with E-state index in [4.69, 9.17) is 23.2 Å². The average molecular weight is 387 g/mol. The van der Waals surface area contributed by atoms with Gasteiger partial charge < -0.3 is 5.32 Å². The van der Waals surface area contributed by atoms with E-state index < -0.39 is 0 Å². The van der Waals surface area contributed by atoms with Gasteiger partial charge in [-0.3, -0.25) is 0 Å². The molecule has 0 heterocycles. The minimum atomic E-state index is 0.334. The van der Waals surface area contributed by atoms with Gasteiger partial charge in [-0.05, 0) is 60.8 Å². The van der Waals surface area contributed by atoms with E-state index in [-0.39, 0.29) is 0 Å². The molecular formula is C17H18BrCl2N. The van der Waals surface area contributed by atoms with Crippen LogP contribution in [0.1, 0.15) is 18.1 Å². The van der Waals surface area contributed by atoms with Crippen LogP contribution in [0.15, 0.2) is 46.9 Å². The van der Waals surface area contributed by atoms with E-state index in [0.29, 0.717) is 6.04 Å². The molecule has 4 heteroatoms. The van der Waals surface area contributed by atoms with Crippen LogP contribution in [0.2, 0.25) is 10.0 Å². The Labute approximate surface area is 144 Å². The average Bonchev–Trinajstić information content (AvgIpc) is 2.43. The van der Waals surface area contributed by atoms with Crippen molar-refractivity contribution in [1.29, 1.82) is 0 Å². The third-order valence-corrected chi connectivity index (χ3v) is 4.44. The van der Waals surface area contributed by atoms with Gasteiger partial charge in [0, 0.05) is 20.6 Å². The van der Waals surface area contributed by atoms with Crippen molar-refractivity contribution in [3.63, 3.8) is 0 Å². The van der Waals surface area contributed by atoms with Crippen LogP contribution in [0, 0.1) is 0 Å². The summed E-state index contributed by atoms with van der Waals surface area (Å²) < 4.78 is 1.11. The zero-order chi connectivity index (χ0) is 15.2. The van der Waals surface area contributed by atoms with E-state index in [9.17, 15) is 0 Å². The lowest BCUT2D eigenvalue weighted by atomic mass is 9.99. The Morgan fingerprint density at radius 2 is 1.90 bits per heavy atom. The molecule has 0 aliphatic carbocycles. The number of likely N-dealkylation sites (N-methyl/N-ethyl adjacent to an activating group) is 1. The van der Waals surface area contributed by atoms with Crippen molar-refractivity contribution in [3.8, 4) is 0 Å². The van der Waals surface area contributed by atoms with Crippen LogP contribution in [-0.2, 0) is 12.8 Å². The van der Waals surface area contributed by atoms with Gasteiger partial charge in [0.15, 0.2) is 0 Å². The van der Waals surface area contributed by atoms with Gasteiger partial charge in [0.1, 0.15) is 0 Å². The van der Waals surface area contributed by atoms with Crippen molar-refractivity contribution in [1.82, 2.24) is 5.32 Å². The Hall–Kier alpha value is -0.540. The normalized spacial score (nSPS) is 12.4. The molecule has 1 nitrogen and oxygen atoms in total. The second-order valence-electron chi connectivity index (χ2n) is 5.03. The molecule has 0 bridgehead atoms. The van der Waals surface area contributed by atoms with Gasteiger partial charge in [-0.1, -0.05) is 58.2 Å². The maximum Gasteiger partial charge on any atom is 0.0439 e. The van der Waals surface area contributed by atoms with E-state index in [1.54, 1.807) is 0 Å². The molecule has 0 saturated carbocycles. The van der Waals surface area contributed by atoms with Crippen LogP contribution in [0.4, 0.5) is 0 Å². The topological polar surface area (TPSA) is 12.0 Å². The number of hydrogen-bond acceptors (Lipinski definition) is 1. The van der Waals surface area contributed by atoms with Gasteiger partial charge >= 0.3 is 0 Å². The largest absolute Gasteiger partial charge is 0.314 e. The van der Waals surface area contributed by atoms with Gasteiger partial charge in [0.2, 0.25) is 0 Å². The molecule has 1 N–H and O–H groups in total. The maximum atomic E-state index is 6.27. The van der Waals surface area contributed by atoms with Crippen LogP contribution in [0.3, 0.4) is 0 Å². The highest BCUT2D eigenvalue weighted by Gasteiger charge is 2.12. The van der Waals surface area contributed by atoms with Crippen molar-refractivity contribution >= 4 is 39.1 Å². The smallest absolute Gasteiger partial charge is 0.0439 e. The van der Waals surface area contributed by atoms with Crippen molar-refractivity contribution in [2.24, 2.45) is 0 Å². The first-order valence-electron chi connectivity index (χ1n) is 7.00. The molecule has 0 spiro atoms. The first kappa shape index (κ1) is 16.8. The summed E-state index contributed by atoms with van der Waals surface area (Å²) in [4.78, 5) is 0. The molecule has 0 saturated heterocycles. The number of nitrogens with one attached hydrogen (secondary N) is 1. The molecule has 2 rings (SSSR count). The van der Waals surface area contributed by atoms with Crippen LogP contribution >= 0.6 is 39.1 Å². The van der Waals surface area contributed by atoms with Gasteiger partial charge in [-0.2, -0.15) is 0 Å². The summed E-state index contributed by atoms with van der Waals surface area (Å²) in [5.41, 5.74) is 2.39. The Bertz CT molecular complexity index is 601. The van der Waals surface area contributed by atoms with Gasteiger partial charge in [0.05, 0.1) is 0 Å². The lowest BCUT2D eigenvalue weighted by molar-refractivity contribution is 0.521. The summed E-state index contributed by atoms with van der Waals surface area (Å²) in [7, 11) is 0. The monoisotopic (exact) mass is 385 g/mol. The van der Waals surface area contributed by atoms with Gasteiger partial charge in [-0.25, -0.2) is 0 Å². The van der Waals surface area contributed by atoms with Crippen LogP contribution in [0.25, 0.3) is 0 Å². The zero-order valence-corrected chi connectivity index (χ0v) is 15.0. The third kappa shape index (κ3) is 5.30. The Morgan fingerprint density at radius 1 is 1.10 bits per heavy atom. The highest BCUT2D eigenvalue weighted by molar-refractivity contribution is 9.10. The molecule has 0 aromatic heterocycles. The van der Waals surface area contributed by atoms with Crippen molar-refractivity contribution in [2.75, 3.05) is 6.54 Å². The molecule has 0 amide bonds. The van der Waals surface area contributed by atoms with Crippen LogP contribution in [-0.4, -0.2) is 12.6 Å². The zero-order valence-electron chi connectivity index (χ0n) is 11.9. The Morgan fingerprint density at radius 3 is 2.62 bits per heavy atom. The number of benzene rings is 2. The minimum absolute atomic E-state index is 0.334. The molecule has 21 heavy (non-hydrogen) atoms. The lowest BCUT2D eigenvalue weighted by Gasteiger charge is -2.19. The first-order chi connectivity index (χ1) is 10.1. The molecule has 2 aromatic rings. The summed E-state index contributed by atoms with van der Waals surface area (Å²) in [6, 6.07) is 14.4. The summed E-state index contributed by atoms with van der Waals surface area (Å²) in [5.74, 6) is 0. The molecule has 112 valence electrons. The quantitative estimate of drug-likeness (QED) is 0.689. The SMILES string of the molecule is CCNC(Cc1cccc(Br)c1)Cc1cc(Cl)ccc1Cl. The molecule has 0 aliphatic rings. The first-order valence-corrected chi connectivity index (χ1v) is 8.55. The highest BCUT2D eigenvalue weighted by atomic mass is 79.9. The van der Waals surface area contributed by atoms with E-state index in [2.05, 4.69) is 46.4 Å². The minimum Gasteiger partial charge on any atom is -0.314 e. The summed E-state index contributed by atoms with van der Waals surface area (Å²) in [6.45, 7) is 3.05. The Kier molecular flexibility index (Phi) is 6.56. The van der Waals surface area contributed by atoms with E-state index in [0.717, 1.165) is 39.5 Å². The fourth-order valence-electron chi connectivity index (χ4n) is 2.42. The summed E-state index contributed by atoms with van der Waals surface area (Å²) in [6.07, 6.45) is 1.82. The molecule has 0 radical (unpaired) electrons. The van der Waals surface area contributed by atoms with Gasteiger partial charge in [-0.15, -0.1) is 0 Å². The van der Waals surface area contributed by atoms with E-state index >= 15 is 0 Å². The fraction of sp³-hybridized carbons (Fsp3) is 0.294.